The van der Waals surface area contributed by atoms with E-state index in [2.05, 4.69) is 0 Å². The van der Waals surface area contributed by atoms with Gasteiger partial charge in [0.25, 0.3) is 0 Å². The fraction of sp³-hybridized carbons (Fsp3) is 0.200. The Bertz CT molecular complexity index is 189. The number of hydrogen-bond acceptors (Lipinski definition) is 4. The summed E-state index contributed by atoms with van der Waals surface area (Å²) in [5.41, 5.74) is 10.8. The second-order valence-corrected chi connectivity index (χ2v) is 2.72. The average molecular weight is 197 g/mol. The van der Waals surface area contributed by atoms with Gasteiger partial charge in [0.2, 0.25) is 0 Å². The highest BCUT2D eigenvalue weighted by Gasteiger charge is 2.01. The molecule has 0 aliphatic heterocycles. The van der Waals surface area contributed by atoms with Gasteiger partial charge in [-0.05, 0) is 0 Å². The summed E-state index contributed by atoms with van der Waals surface area (Å²) in [5.74, 6) is 5.34. The summed E-state index contributed by atoms with van der Waals surface area (Å²) < 4.78 is 0. The molecule has 0 amide bonds. The molecular weight excluding hydrogens is 187 g/mol. The van der Waals surface area contributed by atoms with E-state index in [4.69, 9.17) is 40.5 Å². The largest absolute Gasteiger partial charge is 0.389 e. The predicted molar refractivity (Wildman–Crippen MR) is 47.1 cm³/mol. The van der Waals surface area contributed by atoms with Crippen molar-refractivity contribution >= 4 is 23.2 Å². The van der Waals surface area contributed by atoms with Crippen molar-refractivity contribution in [2.24, 2.45) is 17.3 Å². The first-order valence-corrected chi connectivity index (χ1v) is 3.47. The summed E-state index contributed by atoms with van der Waals surface area (Å²) in [5, 5.41) is 1.33. The molecule has 0 bridgehead atoms. The molecule has 0 fully saturated rings. The lowest BCUT2D eigenvalue weighted by Gasteiger charge is -2.13. The first kappa shape index (κ1) is 10.4. The van der Waals surface area contributed by atoms with Crippen LogP contribution in [0.5, 0.6) is 0 Å². The Labute approximate surface area is 75.2 Å². The van der Waals surface area contributed by atoms with Crippen LogP contribution in [0.1, 0.15) is 0 Å². The number of allylic oxidation sites excluding steroid dienone is 1. The van der Waals surface area contributed by atoms with Gasteiger partial charge in [-0.3, -0.25) is 0 Å². The van der Waals surface area contributed by atoms with Crippen LogP contribution in [0, 0.1) is 0 Å². The molecule has 0 aromatic heterocycles. The molecule has 0 aliphatic rings. The van der Waals surface area contributed by atoms with Crippen LogP contribution in [0.3, 0.4) is 0 Å². The molecular formula is C5H10Cl2N4. The quantitative estimate of drug-likeness (QED) is 0.255. The van der Waals surface area contributed by atoms with Gasteiger partial charge in [-0.2, -0.15) is 0 Å². The topological polar surface area (TPSA) is 81.3 Å². The van der Waals surface area contributed by atoms with Crippen LogP contribution in [0.15, 0.2) is 22.1 Å². The number of hydrazine groups is 1. The van der Waals surface area contributed by atoms with Crippen molar-refractivity contribution in [1.29, 1.82) is 0 Å². The maximum atomic E-state index is 5.46. The van der Waals surface area contributed by atoms with Gasteiger partial charge >= 0.3 is 0 Å². The third-order valence-electron chi connectivity index (χ3n) is 0.899. The van der Waals surface area contributed by atoms with Crippen molar-refractivity contribution in [2.45, 2.75) is 0 Å². The minimum atomic E-state index is 0.0404. The number of halogens is 2. The number of rotatable bonds is 2. The number of likely N-dealkylation sites (N-methyl/N-ethyl adjacent to an activating group) is 1. The number of nitrogens with two attached hydrogens (primary N) is 3. The zero-order valence-corrected chi connectivity index (χ0v) is 7.52. The Kier molecular flexibility index (Phi) is 4.10. The summed E-state index contributed by atoms with van der Waals surface area (Å²) in [7, 11) is 1.57. The van der Waals surface area contributed by atoms with E-state index in [0.29, 0.717) is 5.70 Å². The molecule has 11 heavy (non-hydrogen) atoms. The summed E-state index contributed by atoms with van der Waals surface area (Å²) in [6, 6.07) is 0. The van der Waals surface area contributed by atoms with Crippen LogP contribution < -0.4 is 17.3 Å². The molecule has 0 unspecified atom stereocenters. The van der Waals surface area contributed by atoms with Gasteiger partial charge in [-0.25, -0.2) is 5.84 Å². The lowest BCUT2D eigenvalue weighted by Crippen LogP contribution is -2.26. The smallest absolute Gasteiger partial charge is 0.124 e. The van der Waals surface area contributed by atoms with Crippen molar-refractivity contribution in [3.05, 3.63) is 22.1 Å². The Morgan fingerprint density at radius 1 is 1.36 bits per heavy atom. The maximum absolute atomic E-state index is 5.46. The second kappa shape index (κ2) is 4.33. The van der Waals surface area contributed by atoms with Gasteiger partial charge in [0, 0.05) is 13.1 Å². The van der Waals surface area contributed by atoms with E-state index in [0.717, 1.165) is 0 Å². The normalized spacial score (nSPS) is 14.4. The van der Waals surface area contributed by atoms with Gasteiger partial charge in [0.1, 0.15) is 10.3 Å². The SMILES string of the molecule is CN(N)C(/C=C(\N)Cl)=C(/N)Cl. The lowest BCUT2D eigenvalue weighted by atomic mass is 10.4. The molecule has 6 N–H and O–H groups in total. The first-order valence-electron chi connectivity index (χ1n) is 2.71. The third-order valence-corrected chi connectivity index (χ3v) is 1.20. The highest BCUT2D eigenvalue weighted by atomic mass is 35.5. The zero-order chi connectivity index (χ0) is 9.02. The van der Waals surface area contributed by atoms with E-state index in [9.17, 15) is 0 Å². The third kappa shape index (κ3) is 3.98. The molecule has 0 aliphatic carbocycles. The van der Waals surface area contributed by atoms with Crippen molar-refractivity contribution in [2.75, 3.05) is 7.05 Å². The highest BCUT2D eigenvalue weighted by Crippen LogP contribution is 2.08. The second-order valence-electron chi connectivity index (χ2n) is 1.87. The van der Waals surface area contributed by atoms with Gasteiger partial charge in [0.15, 0.2) is 0 Å². The molecule has 0 saturated carbocycles. The van der Waals surface area contributed by atoms with Gasteiger partial charge in [-0.1, -0.05) is 23.2 Å². The summed E-state index contributed by atoms with van der Waals surface area (Å²) in [6.07, 6.45) is 1.36. The van der Waals surface area contributed by atoms with Crippen LogP contribution >= 0.6 is 23.2 Å². The first-order chi connectivity index (χ1) is 4.95. The molecule has 64 valence electrons. The predicted octanol–water partition coefficient (Wildman–Crippen LogP) is 0.197. The minimum Gasteiger partial charge on any atom is -0.389 e. The summed E-state index contributed by atoms with van der Waals surface area (Å²) in [6.45, 7) is 0. The molecule has 0 spiro atoms. The molecule has 0 aromatic rings. The van der Waals surface area contributed by atoms with Gasteiger partial charge in [0.05, 0.1) is 5.70 Å². The molecule has 0 radical (unpaired) electrons. The van der Waals surface area contributed by atoms with Crippen molar-refractivity contribution in [3.8, 4) is 0 Å². The van der Waals surface area contributed by atoms with Crippen LogP contribution in [-0.4, -0.2) is 12.1 Å². The molecule has 0 rings (SSSR count). The number of nitrogens with zero attached hydrogens (tertiary/aromatic N) is 1. The monoisotopic (exact) mass is 196 g/mol. The highest BCUT2D eigenvalue weighted by molar-refractivity contribution is 6.30. The Morgan fingerprint density at radius 2 is 1.82 bits per heavy atom. The van der Waals surface area contributed by atoms with E-state index >= 15 is 0 Å². The Hall–Kier alpha value is -0.580. The van der Waals surface area contributed by atoms with E-state index < -0.39 is 0 Å². The van der Waals surface area contributed by atoms with Crippen LogP contribution in [0.2, 0.25) is 0 Å². The van der Waals surface area contributed by atoms with E-state index in [1.807, 2.05) is 0 Å². The molecule has 6 heteroatoms. The minimum absolute atomic E-state index is 0.0404. The average Bonchev–Trinajstić information content (AvgIpc) is 1.81. The van der Waals surface area contributed by atoms with E-state index in [1.165, 1.54) is 11.1 Å². The van der Waals surface area contributed by atoms with E-state index in [-0.39, 0.29) is 10.3 Å². The Morgan fingerprint density at radius 3 is 1.91 bits per heavy atom. The van der Waals surface area contributed by atoms with Gasteiger partial charge < -0.3 is 16.5 Å². The summed E-state index contributed by atoms with van der Waals surface area (Å²) in [4.78, 5) is 0. The standard InChI is InChI=1S/C5H10Cl2N4/c1-11(10)3(5(7)9)2-4(6)8/h2H,8-10H2,1H3/b4-2-,5-3+. The van der Waals surface area contributed by atoms with Crippen LogP contribution in [0.25, 0.3) is 0 Å². The fourth-order valence-electron chi connectivity index (χ4n) is 0.470. The Balaban J connectivity index is 4.66. The van der Waals surface area contributed by atoms with Crippen molar-refractivity contribution in [1.82, 2.24) is 5.01 Å². The molecule has 0 heterocycles. The molecule has 0 atom stereocenters. The molecule has 0 aromatic carbocycles. The van der Waals surface area contributed by atoms with Gasteiger partial charge in [-0.15, -0.1) is 0 Å². The van der Waals surface area contributed by atoms with Crippen molar-refractivity contribution < 1.29 is 0 Å². The van der Waals surface area contributed by atoms with Crippen molar-refractivity contribution in [3.63, 3.8) is 0 Å². The maximum Gasteiger partial charge on any atom is 0.124 e. The lowest BCUT2D eigenvalue weighted by molar-refractivity contribution is 0.452. The van der Waals surface area contributed by atoms with Crippen LogP contribution in [0.4, 0.5) is 0 Å². The molecule has 0 saturated heterocycles. The fourth-order valence-corrected chi connectivity index (χ4v) is 0.761. The molecule has 4 nitrogen and oxygen atoms in total. The summed E-state index contributed by atoms with van der Waals surface area (Å²) >= 11 is 10.8. The van der Waals surface area contributed by atoms with Crippen LogP contribution in [-0.2, 0) is 0 Å². The zero-order valence-electron chi connectivity index (χ0n) is 6.01. The van der Waals surface area contributed by atoms with E-state index in [1.54, 1.807) is 7.05 Å². The number of hydrogen-bond donors (Lipinski definition) is 3.